The minimum atomic E-state index is -1.04. The lowest BCUT2D eigenvalue weighted by atomic mass is 10.1. The van der Waals surface area contributed by atoms with Crippen molar-refractivity contribution in [3.8, 4) is 0 Å². The largest absolute Gasteiger partial charge is 0.480 e. The quantitative estimate of drug-likeness (QED) is 0.570. The number of carbonyl (C=O) groups is 2. The maximum atomic E-state index is 12.0. The lowest BCUT2D eigenvalue weighted by Crippen LogP contribution is -2.47. The average molecular weight is 290 g/mol. The van der Waals surface area contributed by atoms with Crippen LogP contribution in [0.15, 0.2) is 43.0 Å². The highest BCUT2D eigenvalue weighted by Gasteiger charge is 2.21. The molecule has 2 N–H and O–H groups in total. The maximum Gasteiger partial charge on any atom is 0.326 e. The van der Waals surface area contributed by atoms with Gasteiger partial charge in [-0.25, -0.2) is 9.59 Å². The van der Waals surface area contributed by atoms with Gasteiger partial charge in [0.2, 0.25) is 0 Å². The van der Waals surface area contributed by atoms with Crippen LogP contribution in [0.4, 0.5) is 4.79 Å². The number of benzene rings is 1. The van der Waals surface area contributed by atoms with Crippen LogP contribution in [0.2, 0.25) is 0 Å². The van der Waals surface area contributed by atoms with Gasteiger partial charge in [0.25, 0.3) is 0 Å². The topological polar surface area (TPSA) is 69.6 Å². The molecule has 0 fully saturated rings. The number of hydrogen-bond acceptors (Lipinski definition) is 2. The Morgan fingerprint density at radius 3 is 2.62 bits per heavy atom. The van der Waals surface area contributed by atoms with E-state index in [9.17, 15) is 14.7 Å². The van der Waals surface area contributed by atoms with Gasteiger partial charge in [-0.1, -0.05) is 36.4 Å². The van der Waals surface area contributed by atoms with Crippen LogP contribution in [0.3, 0.4) is 0 Å². The number of amides is 2. The Morgan fingerprint density at radius 2 is 2.05 bits per heavy atom. The van der Waals surface area contributed by atoms with Crippen molar-refractivity contribution in [2.24, 2.45) is 0 Å². The van der Waals surface area contributed by atoms with Gasteiger partial charge in [-0.2, -0.15) is 0 Å². The van der Waals surface area contributed by atoms with E-state index < -0.39 is 12.0 Å². The lowest BCUT2D eigenvalue weighted by Gasteiger charge is -2.21. The van der Waals surface area contributed by atoms with Gasteiger partial charge in [0.15, 0.2) is 0 Å². The second kappa shape index (κ2) is 8.79. The van der Waals surface area contributed by atoms with E-state index in [4.69, 9.17) is 0 Å². The summed E-state index contributed by atoms with van der Waals surface area (Å²) in [5.74, 6) is -1.04. The third kappa shape index (κ3) is 6.12. The number of rotatable bonds is 8. The number of nitrogens with one attached hydrogen (secondary N) is 1. The standard InChI is InChI=1S/C16H22N2O3/c1-3-4-8-11-18(2)16(21)17-14(15(19)20)12-13-9-6-5-7-10-13/h3,5-7,9-10,14H,1,4,8,11-12H2,2H3,(H,17,21)(H,19,20). The van der Waals surface area contributed by atoms with E-state index in [1.807, 2.05) is 30.3 Å². The van der Waals surface area contributed by atoms with E-state index >= 15 is 0 Å². The molecular weight excluding hydrogens is 268 g/mol. The number of carboxylic acids is 1. The van der Waals surface area contributed by atoms with Crippen LogP contribution in [0.25, 0.3) is 0 Å². The summed E-state index contributed by atoms with van der Waals surface area (Å²) in [5, 5.41) is 11.8. The molecule has 0 aliphatic carbocycles. The van der Waals surface area contributed by atoms with E-state index in [0.29, 0.717) is 6.54 Å². The summed E-state index contributed by atoms with van der Waals surface area (Å²) in [6.45, 7) is 4.19. The van der Waals surface area contributed by atoms with Crippen molar-refractivity contribution in [3.05, 3.63) is 48.6 Å². The first-order chi connectivity index (χ1) is 10.0. The number of hydrogen-bond donors (Lipinski definition) is 2. The van der Waals surface area contributed by atoms with Gasteiger partial charge in [0.1, 0.15) is 6.04 Å². The van der Waals surface area contributed by atoms with E-state index in [1.165, 1.54) is 4.90 Å². The summed E-state index contributed by atoms with van der Waals surface area (Å²) < 4.78 is 0. The fourth-order valence-electron chi connectivity index (χ4n) is 1.88. The highest BCUT2D eigenvalue weighted by Crippen LogP contribution is 2.04. The second-order valence-corrected chi connectivity index (χ2v) is 4.88. The summed E-state index contributed by atoms with van der Waals surface area (Å²) in [6.07, 6.45) is 3.69. The highest BCUT2D eigenvalue weighted by atomic mass is 16.4. The van der Waals surface area contributed by atoms with Crippen molar-refractivity contribution in [3.63, 3.8) is 0 Å². The molecule has 0 spiro atoms. The average Bonchev–Trinajstić information content (AvgIpc) is 2.47. The maximum absolute atomic E-state index is 12.0. The SMILES string of the molecule is C=CCCCN(C)C(=O)NC(Cc1ccccc1)C(=O)O. The van der Waals surface area contributed by atoms with Gasteiger partial charge < -0.3 is 15.3 Å². The minimum absolute atomic E-state index is 0.266. The normalized spacial score (nSPS) is 11.5. The molecule has 2 amide bonds. The molecule has 0 radical (unpaired) electrons. The monoisotopic (exact) mass is 290 g/mol. The Morgan fingerprint density at radius 1 is 1.38 bits per heavy atom. The first-order valence-corrected chi connectivity index (χ1v) is 6.94. The van der Waals surface area contributed by atoms with Gasteiger partial charge in [0, 0.05) is 20.0 Å². The molecule has 1 unspecified atom stereocenters. The summed E-state index contributed by atoms with van der Waals surface area (Å²) in [4.78, 5) is 24.7. The summed E-state index contributed by atoms with van der Waals surface area (Å²) in [5.41, 5.74) is 0.875. The molecule has 0 heterocycles. The lowest BCUT2D eigenvalue weighted by molar-refractivity contribution is -0.139. The van der Waals surface area contributed by atoms with Crippen molar-refractivity contribution in [1.82, 2.24) is 10.2 Å². The van der Waals surface area contributed by atoms with E-state index in [0.717, 1.165) is 18.4 Å². The zero-order valence-corrected chi connectivity index (χ0v) is 12.3. The molecule has 0 aliphatic heterocycles. The molecule has 0 saturated carbocycles. The zero-order chi connectivity index (χ0) is 15.7. The molecular formula is C16H22N2O3. The number of carboxylic acid groups (broad SMARTS) is 1. The Labute approximate surface area is 125 Å². The summed E-state index contributed by atoms with van der Waals surface area (Å²) in [7, 11) is 1.65. The van der Waals surface area contributed by atoms with Crippen molar-refractivity contribution >= 4 is 12.0 Å². The fraction of sp³-hybridized carbons (Fsp3) is 0.375. The third-order valence-corrected chi connectivity index (χ3v) is 3.13. The fourth-order valence-corrected chi connectivity index (χ4v) is 1.88. The molecule has 1 rings (SSSR count). The number of urea groups is 1. The highest BCUT2D eigenvalue weighted by molar-refractivity contribution is 5.82. The Bertz CT molecular complexity index is 474. The van der Waals surface area contributed by atoms with E-state index in [-0.39, 0.29) is 12.5 Å². The molecule has 1 atom stereocenters. The molecule has 1 aromatic rings. The number of carbonyl (C=O) groups excluding carboxylic acids is 1. The number of allylic oxidation sites excluding steroid dienone is 1. The van der Waals surface area contributed by atoms with Gasteiger partial charge in [0.05, 0.1) is 0 Å². The Balaban J connectivity index is 2.55. The van der Waals surface area contributed by atoms with Crippen molar-refractivity contribution in [2.45, 2.75) is 25.3 Å². The van der Waals surface area contributed by atoms with Crippen LogP contribution < -0.4 is 5.32 Å². The van der Waals surface area contributed by atoms with Gasteiger partial charge in [-0.15, -0.1) is 6.58 Å². The molecule has 0 aliphatic rings. The molecule has 21 heavy (non-hydrogen) atoms. The Kier molecular flexibility index (Phi) is 7.01. The molecule has 1 aromatic carbocycles. The van der Waals surface area contributed by atoms with Crippen LogP contribution in [0, 0.1) is 0 Å². The molecule has 0 aromatic heterocycles. The van der Waals surface area contributed by atoms with E-state index in [2.05, 4.69) is 11.9 Å². The zero-order valence-electron chi connectivity index (χ0n) is 12.3. The molecule has 5 heteroatoms. The van der Waals surface area contributed by atoms with Crippen molar-refractivity contribution < 1.29 is 14.7 Å². The number of nitrogens with zero attached hydrogens (tertiary/aromatic N) is 1. The first-order valence-electron chi connectivity index (χ1n) is 6.94. The molecule has 5 nitrogen and oxygen atoms in total. The van der Waals surface area contributed by atoms with Gasteiger partial charge in [-0.05, 0) is 18.4 Å². The van der Waals surface area contributed by atoms with Crippen LogP contribution >= 0.6 is 0 Å². The molecule has 0 saturated heterocycles. The van der Waals surface area contributed by atoms with Crippen LogP contribution in [0.5, 0.6) is 0 Å². The second-order valence-electron chi connectivity index (χ2n) is 4.88. The third-order valence-electron chi connectivity index (χ3n) is 3.13. The predicted octanol–water partition coefficient (Wildman–Crippen LogP) is 2.29. The van der Waals surface area contributed by atoms with Crippen LogP contribution in [0.1, 0.15) is 18.4 Å². The van der Waals surface area contributed by atoms with Crippen LogP contribution in [-0.4, -0.2) is 41.6 Å². The number of aliphatic carboxylic acids is 1. The van der Waals surface area contributed by atoms with Crippen molar-refractivity contribution in [1.29, 1.82) is 0 Å². The van der Waals surface area contributed by atoms with Gasteiger partial charge in [-0.3, -0.25) is 0 Å². The van der Waals surface area contributed by atoms with Gasteiger partial charge >= 0.3 is 12.0 Å². The van der Waals surface area contributed by atoms with Crippen LogP contribution in [-0.2, 0) is 11.2 Å². The summed E-state index contributed by atoms with van der Waals surface area (Å²) >= 11 is 0. The van der Waals surface area contributed by atoms with Crippen molar-refractivity contribution in [2.75, 3.05) is 13.6 Å². The number of unbranched alkanes of at least 4 members (excludes halogenated alkanes) is 1. The van der Waals surface area contributed by atoms with E-state index in [1.54, 1.807) is 13.1 Å². The predicted molar refractivity (Wildman–Crippen MR) is 82.2 cm³/mol. The summed E-state index contributed by atoms with van der Waals surface area (Å²) in [6, 6.07) is 7.94. The minimum Gasteiger partial charge on any atom is -0.480 e. The smallest absolute Gasteiger partial charge is 0.326 e. The first kappa shape index (κ1) is 16.8. The Hall–Kier alpha value is -2.30. The molecule has 0 bridgehead atoms. The molecule has 114 valence electrons.